The lowest BCUT2D eigenvalue weighted by Crippen LogP contribution is -2.47. The molecular formula is C24H30N2O2. The quantitative estimate of drug-likeness (QED) is 0.721. The van der Waals surface area contributed by atoms with Crippen LogP contribution in [0, 0.1) is 0 Å². The smallest absolute Gasteiger partial charge is 0.309 e. The summed E-state index contributed by atoms with van der Waals surface area (Å²) in [6, 6.07) is 20.5. The lowest BCUT2D eigenvalue weighted by Gasteiger charge is -2.30. The fraction of sp³-hybridized carbons (Fsp3) is 0.417. The van der Waals surface area contributed by atoms with Gasteiger partial charge in [0, 0.05) is 18.0 Å². The Morgan fingerprint density at radius 3 is 2.18 bits per heavy atom. The molecule has 2 amide bonds. The fourth-order valence-electron chi connectivity index (χ4n) is 4.13. The monoisotopic (exact) mass is 378 g/mol. The van der Waals surface area contributed by atoms with E-state index in [0.717, 1.165) is 38.5 Å². The van der Waals surface area contributed by atoms with E-state index in [0.29, 0.717) is 6.54 Å². The molecule has 2 aromatic rings. The Kier molecular flexibility index (Phi) is 6.85. The van der Waals surface area contributed by atoms with Crippen LogP contribution in [0.1, 0.15) is 50.2 Å². The van der Waals surface area contributed by atoms with Crippen LogP contribution >= 0.6 is 0 Å². The van der Waals surface area contributed by atoms with E-state index in [2.05, 4.69) is 34.9 Å². The summed E-state index contributed by atoms with van der Waals surface area (Å²) in [5.74, 6) is -1.07. The van der Waals surface area contributed by atoms with Crippen LogP contribution in [0.25, 0.3) is 0 Å². The number of carbonyl (C=O) groups is 2. The molecule has 148 valence electrons. The van der Waals surface area contributed by atoms with Gasteiger partial charge in [-0.1, -0.05) is 73.5 Å². The minimum absolute atomic E-state index is 0.0455. The number of hydrogen-bond donors (Lipinski definition) is 2. The Morgan fingerprint density at radius 1 is 0.929 bits per heavy atom. The van der Waals surface area contributed by atoms with Gasteiger partial charge in [-0.3, -0.25) is 9.59 Å². The number of nitrogens with one attached hydrogen (secondary N) is 2. The third kappa shape index (κ3) is 5.22. The van der Waals surface area contributed by atoms with Crippen molar-refractivity contribution >= 4 is 11.8 Å². The number of rotatable bonds is 7. The summed E-state index contributed by atoms with van der Waals surface area (Å²) in [4.78, 5) is 24.6. The normalized spacial score (nSPS) is 16.3. The van der Waals surface area contributed by atoms with Crippen LogP contribution in [0.15, 0.2) is 60.7 Å². The zero-order valence-corrected chi connectivity index (χ0v) is 16.6. The van der Waals surface area contributed by atoms with Crippen molar-refractivity contribution in [1.29, 1.82) is 0 Å². The zero-order valence-electron chi connectivity index (χ0n) is 16.6. The molecule has 1 atom stereocenters. The van der Waals surface area contributed by atoms with E-state index in [4.69, 9.17) is 0 Å². The molecular weight excluding hydrogens is 348 g/mol. The molecule has 0 radical (unpaired) electrons. The highest BCUT2D eigenvalue weighted by molar-refractivity contribution is 6.35. The van der Waals surface area contributed by atoms with Crippen molar-refractivity contribution in [3.05, 3.63) is 71.8 Å². The maximum absolute atomic E-state index is 12.4. The molecule has 1 unspecified atom stereocenters. The highest BCUT2D eigenvalue weighted by Crippen LogP contribution is 2.40. The van der Waals surface area contributed by atoms with E-state index >= 15 is 0 Å². The highest BCUT2D eigenvalue weighted by Gasteiger charge is 2.36. The molecule has 0 saturated heterocycles. The van der Waals surface area contributed by atoms with Crippen molar-refractivity contribution in [3.8, 4) is 0 Å². The van der Waals surface area contributed by atoms with Gasteiger partial charge in [0.1, 0.15) is 0 Å². The molecule has 1 aliphatic rings. The first-order chi connectivity index (χ1) is 13.6. The SMILES string of the molecule is CC(CCc1ccccc1)NC(=O)C(=O)NCC1(c2ccccc2)CCCC1. The summed E-state index contributed by atoms with van der Waals surface area (Å²) < 4.78 is 0. The molecule has 0 spiro atoms. The molecule has 1 aliphatic carbocycles. The van der Waals surface area contributed by atoms with Gasteiger partial charge in [0.25, 0.3) is 0 Å². The number of aryl methyl sites for hydroxylation is 1. The van der Waals surface area contributed by atoms with Crippen molar-refractivity contribution in [2.24, 2.45) is 0 Å². The van der Waals surface area contributed by atoms with Gasteiger partial charge in [-0.05, 0) is 43.7 Å². The van der Waals surface area contributed by atoms with Gasteiger partial charge in [0.15, 0.2) is 0 Å². The standard InChI is InChI=1S/C24H30N2O2/c1-19(14-15-20-10-4-2-5-11-20)26-23(28)22(27)25-18-24(16-8-9-17-24)21-12-6-3-7-13-21/h2-7,10-13,19H,8-9,14-18H2,1H3,(H,25,27)(H,26,28). The van der Waals surface area contributed by atoms with Gasteiger partial charge in [0.2, 0.25) is 0 Å². The van der Waals surface area contributed by atoms with Crippen molar-refractivity contribution in [1.82, 2.24) is 10.6 Å². The molecule has 3 rings (SSSR count). The molecule has 1 fully saturated rings. The number of amides is 2. The number of carbonyl (C=O) groups excluding carboxylic acids is 2. The average molecular weight is 379 g/mol. The van der Waals surface area contributed by atoms with Gasteiger partial charge >= 0.3 is 11.8 Å². The number of benzene rings is 2. The second-order valence-corrected chi connectivity index (χ2v) is 7.93. The van der Waals surface area contributed by atoms with Crippen LogP contribution in [0.3, 0.4) is 0 Å². The second kappa shape index (κ2) is 9.54. The summed E-state index contributed by atoms with van der Waals surface area (Å²) in [6.07, 6.45) is 6.09. The maximum atomic E-state index is 12.4. The van der Waals surface area contributed by atoms with Gasteiger partial charge in [-0.25, -0.2) is 0 Å². The Bertz CT molecular complexity index is 768. The van der Waals surface area contributed by atoms with E-state index in [1.54, 1.807) is 0 Å². The highest BCUT2D eigenvalue weighted by atomic mass is 16.2. The van der Waals surface area contributed by atoms with Gasteiger partial charge < -0.3 is 10.6 Å². The van der Waals surface area contributed by atoms with Crippen LogP contribution in [-0.2, 0) is 21.4 Å². The molecule has 2 aromatic carbocycles. The van der Waals surface area contributed by atoms with E-state index < -0.39 is 11.8 Å². The van der Waals surface area contributed by atoms with E-state index in [1.165, 1.54) is 11.1 Å². The molecule has 1 saturated carbocycles. The molecule has 0 aromatic heterocycles. The Labute approximate surface area is 167 Å². The van der Waals surface area contributed by atoms with Gasteiger partial charge in [-0.15, -0.1) is 0 Å². The molecule has 28 heavy (non-hydrogen) atoms. The van der Waals surface area contributed by atoms with Gasteiger partial charge in [-0.2, -0.15) is 0 Å². The van der Waals surface area contributed by atoms with Crippen LogP contribution < -0.4 is 10.6 Å². The fourth-order valence-corrected chi connectivity index (χ4v) is 4.13. The molecule has 0 bridgehead atoms. The Morgan fingerprint density at radius 2 is 1.54 bits per heavy atom. The average Bonchev–Trinajstić information content (AvgIpc) is 3.22. The van der Waals surface area contributed by atoms with Gasteiger partial charge in [0.05, 0.1) is 0 Å². The first kappa shape index (κ1) is 20.1. The Hall–Kier alpha value is -2.62. The minimum Gasteiger partial charge on any atom is -0.347 e. The second-order valence-electron chi connectivity index (χ2n) is 7.93. The summed E-state index contributed by atoms with van der Waals surface area (Å²) >= 11 is 0. The van der Waals surface area contributed by atoms with Crippen LogP contribution in [-0.4, -0.2) is 24.4 Å². The minimum atomic E-state index is -0.540. The summed E-state index contributed by atoms with van der Waals surface area (Å²) in [5.41, 5.74) is 2.44. The predicted octanol–water partition coefficient (Wildman–Crippen LogP) is 3.75. The van der Waals surface area contributed by atoms with Crippen LogP contribution in [0.4, 0.5) is 0 Å². The zero-order chi connectivity index (χ0) is 19.8. The van der Waals surface area contributed by atoms with Crippen LogP contribution in [0.2, 0.25) is 0 Å². The third-order valence-electron chi connectivity index (χ3n) is 5.83. The van der Waals surface area contributed by atoms with E-state index in [1.807, 2.05) is 43.3 Å². The summed E-state index contributed by atoms with van der Waals surface area (Å²) in [7, 11) is 0. The predicted molar refractivity (Wildman–Crippen MR) is 112 cm³/mol. The molecule has 4 heteroatoms. The molecule has 0 aliphatic heterocycles. The van der Waals surface area contributed by atoms with E-state index in [-0.39, 0.29) is 11.5 Å². The van der Waals surface area contributed by atoms with Crippen LogP contribution in [0.5, 0.6) is 0 Å². The molecule has 0 heterocycles. The van der Waals surface area contributed by atoms with Crippen molar-refractivity contribution in [2.45, 2.75) is 56.9 Å². The number of hydrogen-bond acceptors (Lipinski definition) is 2. The first-order valence-electron chi connectivity index (χ1n) is 10.3. The van der Waals surface area contributed by atoms with Crippen molar-refractivity contribution in [2.75, 3.05) is 6.54 Å². The van der Waals surface area contributed by atoms with Crippen molar-refractivity contribution < 1.29 is 9.59 Å². The van der Waals surface area contributed by atoms with Crippen molar-refractivity contribution in [3.63, 3.8) is 0 Å². The Balaban J connectivity index is 1.49. The lowest BCUT2D eigenvalue weighted by atomic mass is 9.79. The first-order valence-corrected chi connectivity index (χ1v) is 10.3. The largest absolute Gasteiger partial charge is 0.347 e. The topological polar surface area (TPSA) is 58.2 Å². The summed E-state index contributed by atoms with van der Waals surface area (Å²) in [5, 5.41) is 5.72. The van der Waals surface area contributed by atoms with E-state index in [9.17, 15) is 9.59 Å². The molecule has 2 N–H and O–H groups in total. The lowest BCUT2D eigenvalue weighted by molar-refractivity contribution is -0.139. The summed E-state index contributed by atoms with van der Waals surface area (Å²) in [6.45, 7) is 2.46. The maximum Gasteiger partial charge on any atom is 0.309 e. The molecule has 4 nitrogen and oxygen atoms in total. The third-order valence-corrected chi connectivity index (χ3v) is 5.83.